The Kier molecular flexibility index (Phi) is 3.32. The maximum absolute atomic E-state index is 8.96. The summed E-state index contributed by atoms with van der Waals surface area (Å²) in [6.07, 6.45) is 3.84. The van der Waals surface area contributed by atoms with Crippen LogP contribution in [0.2, 0.25) is 0 Å². The summed E-state index contributed by atoms with van der Waals surface area (Å²) in [7, 11) is 0. The van der Waals surface area contributed by atoms with Gasteiger partial charge in [0, 0.05) is 5.69 Å². The number of aryl methyl sites for hydroxylation is 1. The topological polar surface area (TPSA) is 36.7 Å². The van der Waals surface area contributed by atoms with Crippen LogP contribution < -0.4 is 0 Å². The third kappa shape index (κ3) is 2.79. The zero-order valence-corrected chi connectivity index (χ0v) is 9.59. The van der Waals surface area contributed by atoms with Gasteiger partial charge in [-0.05, 0) is 36.8 Å². The van der Waals surface area contributed by atoms with Crippen molar-refractivity contribution < 1.29 is 0 Å². The highest BCUT2D eigenvalue weighted by Crippen LogP contribution is 2.11. The van der Waals surface area contributed by atoms with Crippen molar-refractivity contribution in [1.82, 2.24) is 4.98 Å². The summed E-state index contributed by atoms with van der Waals surface area (Å²) in [5.74, 6) is 0. The first kappa shape index (κ1) is 11.1. The third-order valence-corrected chi connectivity index (χ3v) is 2.42. The van der Waals surface area contributed by atoms with Crippen LogP contribution in [0, 0.1) is 18.3 Å². The Labute approximate surface area is 101 Å². The molecule has 0 radical (unpaired) electrons. The highest BCUT2D eigenvalue weighted by Gasteiger charge is 1.96. The van der Waals surface area contributed by atoms with Crippen LogP contribution in [0.5, 0.6) is 0 Å². The Hall–Kier alpha value is -2.40. The van der Waals surface area contributed by atoms with E-state index in [1.54, 1.807) is 0 Å². The number of rotatable bonds is 2. The number of pyridine rings is 1. The molecule has 2 heteroatoms. The molecule has 0 bridgehead atoms. The Morgan fingerprint density at radius 3 is 2.65 bits per heavy atom. The minimum atomic E-state index is 0.677. The summed E-state index contributed by atoms with van der Waals surface area (Å²) in [6, 6.07) is 15.6. The van der Waals surface area contributed by atoms with Gasteiger partial charge in [0.2, 0.25) is 0 Å². The lowest BCUT2D eigenvalue weighted by Gasteiger charge is -1.97. The summed E-state index contributed by atoms with van der Waals surface area (Å²) in [5, 5.41) is 8.96. The molecule has 0 spiro atoms. The van der Waals surface area contributed by atoms with Crippen molar-refractivity contribution in [3.8, 4) is 6.07 Å². The lowest BCUT2D eigenvalue weighted by atomic mass is 10.1. The minimum Gasteiger partial charge on any atom is -0.254 e. The first-order valence-corrected chi connectivity index (χ1v) is 5.40. The van der Waals surface area contributed by atoms with Crippen LogP contribution in [0.25, 0.3) is 12.2 Å². The van der Waals surface area contributed by atoms with Gasteiger partial charge in [0.25, 0.3) is 0 Å². The molecule has 0 fully saturated rings. The van der Waals surface area contributed by atoms with Crippen molar-refractivity contribution in [3.05, 3.63) is 65.0 Å². The zero-order chi connectivity index (χ0) is 12.1. The predicted octanol–water partition coefficient (Wildman–Crippen LogP) is 3.43. The van der Waals surface area contributed by atoms with E-state index >= 15 is 0 Å². The van der Waals surface area contributed by atoms with E-state index in [-0.39, 0.29) is 0 Å². The number of benzene rings is 1. The maximum atomic E-state index is 8.96. The molecule has 0 amide bonds. The molecular weight excluding hydrogens is 208 g/mol. The maximum Gasteiger partial charge on any atom is 0.0997 e. The van der Waals surface area contributed by atoms with Crippen molar-refractivity contribution in [2.75, 3.05) is 0 Å². The smallest absolute Gasteiger partial charge is 0.0997 e. The van der Waals surface area contributed by atoms with Gasteiger partial charge in [-0.3, -0.25) is 4.98 Å². The molecule has 2 aromatic rings. The molecule has 0 aliphatic heterocycles. The molecule has 0 N–H and O–H groups in total. The van der Waals surface area contributed by atoms with Gasteiger partial charge in [-0.1, -0.05) is 30.3 Å². The summed E-state index contributed by atoms with van der Waals surface area (Å²) in [5.41, 5.74) is 3.48. The van der Waals surface area contributed by atoms with E-state index in [0.29, 0.717) is 5.56 Å². The van der Waals surface area contributed by atoms with Crippen LogP contribution in [-0.4, -0.2) is 4.98 Å². The molecule has 0 saturated carbocycles. The minimum absolute atomic E-state index is 0.677. The number of nitriles is 1. The number of hydrogen-bond donors (Lipinski definition) is 0. The molecular formula is C15H12N2. The van der Waals surface area contributed by atoms with Crippen LogP contribution in [0.3, 0.4) is 0 Å². The van der Waals surface area contributed by atoms with Crippen LogP contribution in [0.15, 0.2) is 42.5 Å². The van der Waals surface area contributed by atoms with Crippen LogP contribution in [0.1, 0.15) is 22.5 Å². The second kappa shape index (κ2) is 5.09. The lowest BCUT2D eigenvalue weighted by Crippen LogP contribution is -1.84. The number of hydrogen-bond acceptors (Lipinski definition) is 2. The van der Waals surface area contributed by atoms with Gasteiger partial charge in [0.05, 0.1) is 17.3 Å². The summed E-state index contributed by atoms with van der Waals surface area (Å²) >= 11 is 0. The van der Waals surface area contributed by atoms with Gasteiger partial charge in [0.15, 0.2) is 0 Å². The average Bonchev–Trinajstić information content (AvgIpc) is 2.37. The predicted molar refractivity (Wildman–Crippen MR) is 69.1 cm³/mol. The van der Waals surface area contributed by atoms with Gasteiger partial charge >= 0.3 is 0 Å². The van der Waals surface area contributed by atoms with Gasteiger partial charge in [-0.15, -0.1) is 0 Å². The van der Waals surface area contributed by atoms with E-state index in [1.165, 1.54) is 0 Å². The molecule has 1 aromatic heterocycles. The highest BCUT2D eigenvalue weighted by molar-refractivity contribution is 5.71. The summed E-state index contributed by atoms with van der Waals surface area (Å²) in [4.78, 5) is 4.37. The third-order valence-electron chi connectivity index (χ3n) is 2.42. The highest BCUT2D eigenvalue weighted by atomic mass is 14.7. The monoisotopic (exact) mass is 220 g/mol. The van der Waals surface area contributed by atoms with E-state index in [4.69, 9.17) is 5.26 Å². The average molecular weight is 220 g/mol. The van der Waals surface area contributed by atoms with E-state index in [9.17, 15) is 0 Å². The SMILES string of the molecule is Cc1cccc(C=Cc2ccccc2C#N)n1. The van der Waals surface area contributed by atoms with Gasteiger partial charge in [-0.25, -0.2) is 0 Å². The largest absolute Gasteiger partial charge is 0.254 e. The standard InChI is InChI=1S/C15H12N2/c1-12-5-4-8-15(17-12)10-9-13-6-2-3-7-14(13)11-16/h2-10H,1H3. The second-order valence-electron chi connectivity index (χ2n) is 3.74. The zero-order valence-electron chi connectivity index (χ0n) is 9.59. The van der Waals surface area contributed by atoms with Crippen molar-refractivity contribution >= 4 is 12.2 Å². The van der Waals surface area contributed by atoms with E-state index < -0.39 is 0 Å². The van der Waals surface area contributed by atoms with Crippen molar-refractivity contribution in [3.63, 3.8) is 0 Å². The van der Waals surface area contributed by atoms with Gasteiger partial charge in [0.1, 0.15) is 0 Å². The van der Waals surface area contributed by atoms with Gasteiger partial charge < -0.3 is 0 Å². The summed E-state index contributed by atoms with van der Waals surface area (Å²) in [6.45, 7) is 1.96. The Morgan fingerprint density at radius 2 is 1.88 bits per heavy atom. The normalized spacial score (nSPS) is 10.4. The second-order valence-corrected chi connectivity index (χ2v) is 3.74. The van der Waals surface area contributed by atoms with E-state index in [2.05, 4.69) is 11.1 Å². The molecule has 2 rings (SSSR count). The Morgan fingerprint density at radius 1 is 1.06 bits per heavy atom. The molecule has 82 valence electrons. The quantitative estimate of drug-likeness (QED) is 0.777. The van der Waals surface area contributed by atoms with Crippen molar-refractivity contribution in [2.45, 2.75) is 6.92 Å². The van der Waals surface area contributed by atoms with E-state index in [1.807, 2.05) is 61.5 Å². The molecule has 0 unspecified atom stereocenters. The summed E-state index contributed by atoms with van der Waals surface area (Å²) < 4.78 is 0. The lowest BCUT2D eigenvalue weighted by molar-refractivity contribution is 1.18. The molecule has 0 saturated heterocycles. The first-order chi connectivity index (χ1) is 8.29. The fourth-order valence-electron chi connectivity index (χ4n) is 1.58. The molecule has 2 nitrogen and oxygen atoms in total. The molecule has 0 aliphatic carbocycles. The van der Waals surface area contributed by atoms with Crippen LogP contribution in [0.4, 0.5) is 0 Å². The fourth-order valence-corrected chi connectivity index (χ4v) is 1.58. The molecule has 0 atom stereocenters. The molecule has 17 heavy (non-hydrogen) atoms. The molecule has 1 heterocycles. The Bertz CT molecular complexity index is 592. The van der Waals surface area contributed by atoms with Crippen LogP contribution >= 0.6 is 0 Å². The fraction of sp³-hybridized carbons (Fsp3) is 0.0667. The van der Waals surface area contributed by atoms with Crippen molar-refractivity contribution in [1.29, 1.82) is 5.26 Å². The first-order valence-electron chi connectivity index (χ1n) is 5.40. The van der Waals surface area contributed by atoms with Crippen molar-refractivity contribution in [2.24, 2.45) is 0 Å². The van der Waals surface area contributed by atoms with E-state index in [0.717, 1.165) is 17.0 Å². The molecule has 1 aromatic carbocycles. The number of aromatic nitrogens is 1. The Balaban J connectivity index is 2.30. The van der Waals surface area contributed by atoms with Crippen LogP contribution in [-0.2, 0) is 0 Å². The number of nitrogens with zero attached hydrogens (tertiary/aromatic N) is 2. The molecule has 0 aliphatic rings. The van der Waals surface area contributed by atoms with Gasteiger partial charge in [-0.2, -0.15) is 5.26 Å².